The smallest absolute Gasteiger partial charge is 0.228 e. The van der Waals surface area contributed by atoms with Gasteiger partial charge in [0.05, 0.1) is 0 Å². The summed E-state index contributed by atoms with van der Waals surface area (Å²) >= 11 is 3.28. The highest BCUT2D eigenvalue weighted by Gasteiger charge is 2.23. The number of sulfone groups is 1. The molecule has 5 nitrogen and oxygen atoms in total. The molecule has 0 radical (unpaired) electrons. The number of halogens is 1. The quantitative estimate of drug-likeness (QED) is 0.795. The van der Waals surface area contributed by atoms with Crippen molar-refractivity contribution in [2.75, 3.05) is 18.4 Å². The van der Waals surface area contributed by atoms with Crippen molar-refractivity contribution in [3.63, 3.8) is 0 Å². The predicted molar refractivity (Wildman–Crippen MR) is 74.2 cm³/mol. The van der Waals surface area contributed by atoms with E-state index in [1.54, 1.807) is 24.3 Å². The standard InChI is InChI=1S/C10H14BrNO4S2/c1-12(18(15,16)8-17(2,13)14)7-9-3-5-10(11)6-4-9/h3-6H,7-8H2,1-2H3. The number of sulfonamides is 1. The molecular weight excluding hydrogens is 342 g/mol. The molecule has 0 aliphatic carbocycles. The normalized spacial score (nSPS) is 12.9. The van der Waals surface area contributed by atoms with Crippen molar-refractivity contribution in [2.45, 2.75) is 6.54 Å². The van der Waals surface area contributed by atoms with Gasteiger partial charge in [-0.25, -0.2) is 16.8 Å². The van der Waals surface area contributed by atoms with E-state index in [9.17, 15) is 16.8 Å². The summed E-state index contributed by atoms with van der Waals surface area (Å²) in [6.07, 6.45) is 0.901. The average molecular weight is 356 g/mol. The zero-order chi connectivity index (χ0) is 14.0. The molecule has 0 aliphatic heterocycles. The summed E-state index contributed by atoms with van der Waals surface area (Å²) in [5.41, 5.74) is 0.790. The average Bonchev–Trinajstić information content (AvgIpc) is 2.17. The minimum atomic E-state index is -3.79. The molecule has 0 unspecified atom stereocenters. The summed E-state index contributed by atoms with van der Waals surface area (Å²) in [5.74, 6) is 0. The molecule has 0 N–H and O–H groups in total. The van der Waals surface area contributed by atoms with Crippen LogP contribution in [0.15, 0.2) is 28.7 Å². The lowest BCUT2D eigenvalue weighted by Gasteiger charge is -2.16. The fraction of sp³-hybridized carbons (Fsp3) is 0.400. The zero-order valence-electron chi connectivity index (χ0n) is 10.00. The SMILES string of the molecule is CN(Cc1ccc(Br)cc1)S(=O)(=O)CS(C)(=O)=O. The van der Waals surface area contributed by atoms with E-state index < -0.39 is 24.9 Å². The lowest BCUT2D eigenvalue weighted by molar-refractivity contribution is 0.470. The third kappa shape index (κ3) is 5.05. The second kappa shape index (κ2) is 5.68. The van der Waals surface area contributed by atoms with Crippen molar-refractivity contribution in [3.8, 4) is 0 Å². The number of nitrogens with zero attached hydrogens (tertiary/aromatic N) is 1. The van der Waals surface area contributed by atoms with Crippen LogP contribution in [0.3, 0.4) is 0 Å². The van der Waals surface area contributed by atoms with Crippen LogP contribution in [0.2, 0.25) is 0 Å². The molecule has 1 rings (SSSR count). The number of rotatable bonds is 5. The molecule has 0 fully saturated rings. The molecule has 0 aliphatic rings. The summed E-state index contributed by atoms with van der Waals surface area (Å²) in [6.45, 7) is 0.144. The minimum Gasteiger partial charge on any atom is -0.228 e. The van der Waals surface area contributed by atoms with Crippen LogP contribution in [-0.4, -0.2) is 39.5 Å². The largest absolute Gasteiger partial charge is 0.228 e. The molecule has 0 aromatic heterocycles. The second-order valence-electron chi connectivity index (χ2n) is 4.04. The van der Waals surface area contributed by atoms with E-state index in [1.165, 1.54) is 7.05 Å². The molecule has 102 valence electrons. The molecule has 0 bridgehead atoms. The third-order valence-corrected chi connectivity index (χ3v) is 6.67. The van der Waals surface area contributed by atoms with Crippen LogP contribution < -0.4 is 0 Å². The highest BCUT2D eigenvalue weighted by Crippen LogP contribution is 2.13. The molecule has 0 heterocycles. The lowest BCUT2D eigenvalue weighted by Crippen LogP contribution is -2.31. The Morgan fingerprint density at radius 3 is 2.06 bits per heavy atom. The summed E-state index contributed by atoms with van der Waals surface area (Å²) in [7, 11) is -5.99. The first-order chi connectivity index (χ1) is 8.10. The lowest BCUT2D eigenvalue weighted by atomic mass is 10.2. The van der Waals surface area contributed by atoms with Gasteiger partial charge in [-0.05, 0) is 17.7 Å². The van der Waals surface area contributed by atoms with Gasteiger partial charge < -0.3 is 0 Å². The minimum absolute atomic E-state index is 0.144. The van der Waals surface area contributed by atoms with Crippen molar-refractivity contribution < 1.29 is 16.8 Å². The number of benzene rings is 1. The maximum absolute atomic E-state index is 11.8. The molecule has 18 heavy (non-hydrogen) atoms. The zero-order valence-corrected chi connectivity index (χ0v) is 13.2. The molecule has 0 amide bonds. The van der Waals surface area contributed by atoms with E-state index in [2.05, 4.69) is 15.9 Å². The molecule has 0 spiro atoms. The summed E-state index contributed by atoms with van der Waals surface area (Å²) in [4.78, 5) is 0. The first-order valence-corrected chi connectivity index (χ1v) is 9.42. The van der Waals surface area contributed by atoms with Gasteiger partial charge in [0.1, 0.15) is 0 Å². The van der Waals surface area contributed by atoms with E-state index >= 15 is 0 Å². The van der Waals surface area contributed by atoms with Gasteiger partial charge in [-0.15, -0.1) is 0 Å². The maximum atomic E-state index is 11.8. The number of hydrogen-bond donors (Lipinski definition) is 0. The molecule has 0 atom stereocenters. The van der Waals surface area contributed by atoms with Crippen LogP contribution in [0.4, 0.5) is 0 Å². The summed E-state index contributed by atoms with van der Waals surface area (Å²) in [5, 5.41) is -0.868. The van der Waals surface area contributed by atoms with Gasteiger partial charge in [0.2, 0.25) is 10.0 Å². The Hall–Kier alpha value is -0.440. The van der Waals surface area contributed by atoms with Crippen LogP contribution in [0.5, 0.6) is 0 Å². The van der Waals surface area contributed by atoms with E-state index in [-0.39, 0.29) is 6.54 Å². The highest BCUT2D eigenvalue weighted by atomic mass is 79.9. The van der Waals surface area contributed by atoms with Crippen molar-refractivity contribution >= 4 is 35.8 Å². The maximum Gasteiger partial charge on any atom is 0.228 e. The molecule has 0 saturated carbocycles. The highest BCUT2D eigenvalue weighted by molar-refractivity contribution is 9.10. The van der Waals surface area contributed by atoms with Gasteiger partial charge in [0, 0.05) is 24.3 Å². The fourth-order valence-electron chi connectivity index (χ4n) is 1.31. The Balaban J connectivity index is 2.82. The summed E-state index contributed by atoms with van der Waals surface area (Å²) in [6, 6.07) is 7.14. The first kappa shape index (κ1) is 15.6. The van der Waals surface area contributed by atoms with Gasteiger partial charge in [-0.1, -0.05) is 28.1 Å². The molecular formula is C10H14BrNO4S2. The van der Waals surface area contributed by atoms with E-state index in [0.29, 0.717) is 0 Å². The molecule has 8 heteroatoms. The van der Waals surface area contributed by atoms with Crippen LogP contribution in [0, 0.1) is 0 Å². The van der Waals surface area contributed by atoms with Gasteiger partial charge >= 0.3 is 0 Å². The van der Waals surface area contributed by atoms with E-state index in [0.717, 1.165) is 20.6 Å². The molecule has 1 aromatic carbocycles. The van der Waals surface area contributed by atoms with Crippen molar-refractivity contribution in [2.24, 2.45) is 0 Å². The van der Waals surface area contributed by atoms with Crippen LogP contribution in [0.1, 0.15) is 5.56 Å². The Morgan fingerprint density at radius 1 is 1.11 bits per heavy atom. The van der Waals surface area contributed by atoms with Crippen LogP contribution in [0.25, 0.3) is 0 Å². The van der Waals surface area contributed by atoms with Crippen molar-refractivity contribution in [1.29, 1.82) is 0 Å². The topological polar surface area (TPSA) is 71.5 Å². The van der Waals surface area contributed by atoms with Gasteiger partial charge in [0.25, 0.3) is 0 Å². The van der Waals surface area contributed by atoms with Crippen LogP contribution >= 0.6 is 15.9 Å². The number of hydrogen-bond acceptors (Lipinski definition) is 4. The summed E-state index contributed by atoms with van der Waals surface area (Å²) < 4.78 is 47.5. The molecule has 0 saturated heterocycles. The van der Waals surface area contributed by atoms with Gasteiger partial charge in [-0.2, -0.15) is 4.31 Å². The Labute approximate surface area is 116 Å². The van der Waals surface area contributed by atoms with Gasteiger partial charge in [0.15, 0.2) is 14.9 Å². The van der Waals surface area contributed by atoms with Gasteiger partial charge in [-0.3, -0.25) is 0 Å². The fourth-order valence-corrected chi connectivity index (χ4v) is 4.80. The first-order valence-electron chi connectivity index (χ1n) is 4.96. The third-order valence-electron chi connectivity index (χ3n) is 2.16. The van der Waals surface area contributed by atoms with E-state index in [1.807, 2.05) is 0 Å². The Morgan fingerprint density at radius 2 is 1.61 bits per heavy atom. The monoisotopic (exact) mass is 355 g/mol. The van der Waals surface area contributed by atoms with E-state index in [4.69, 9.17) is 0 Å². The second-order valence-corrected chi connectivity index (χ2v) is 9.54. The Bertz CT molecular complexity index is 608. The van der Waals surface area contributed by atoms with Crippen molar-refractivity contribution in [3.05, 3.63) is 34.3 Å². The van der Waals surface area contributed by atoms with Crippen LogP contribution in [-0.2, 0) is 26.4 Å². The Kier molecular flexibility index (Phi) is 4.93. The van der Waals surface area contributed by atoms with Crippen molar-refractivity contribution in [1.82, 2.24) is 4.31 Å². The predicted octanol–water partition coefficient (Wildman–Crippen LogP) is 1.21. The molecule has 1 aromatic rings.